The van der Waals surface area contributed by atoms with Gasteiger partial charge in [-0.1, -0.05) is 25.1 Å². The van der Waals surface area contributed by atoms with Crippen LogP contribution in [0.2, 0.25) is 0 Å². The molecular weight excluding hydrogens is 390 g/mol. The Bertz CT molecular complexity index is 959. The molecule has 1 aromatic carbocycles. The number of carbonyl (C=O) groups excluding carboxylic acids is 1. The van der Waals surface area contributed by atoms with E-state index in [2.05, 4.69) is 32.8 Å². The van der Waals surface area contributed by atoms with E-state index in [9.17, 15) is 9.90 Å². The second-order valence-corrected chi connectivity index (χ2v) is 8.08. The van der Waals surface area contributed by atoms with Crippen molar-refractivity contribution in [3.8, 4) is 0 Å². The summed E-state index contributed by atoms with van der Waals surface area (Å²) in [6.45, 7) is 1.97. The van der Waals surface area contributed by atoms with Crippen LogP contribution in [0, 0.1) is 0 Å². The van der Waals surface area contributed by atoms with E-state index in [1.54, 1.807) is 23.3 Å². The third-order valence-electron chi connectivity index (χ3n) is 5.92. The van der Waals surface area contributed by atoms with Crippen molar-refractivity contribution in [2.45, 2.75) is 56.8 Å². The average Bonchev–Trinajstić information content (AvgIpc) is 3.48. The normalized spacial score (nSPS) is 20.3. The number of rotatable bonds is 8. The average molecular weight is 420 g/mol. The van der Waals surface area contributed by atoms with Gasteiger partial charge in [0, 0.05) is 48.1 Å². The molecule has 3 heterocycles. The lowest BCUT2D eigenvalue weighted by atomic mass is 10.0. The fourth-order valence-corrected chi connectivity index (χ4v) is 4.24. The summed E-state index contributed by atoms with van der Waals surface area (Å²) in [6, 6.07) is 13.6. The molecule has 4 rings (SSSR count). The summed E-state index contributed by atoms with van der Waals surface area (Å²) in [6.07, 6.45) is 9.89. The van der Waals surface area contributed by atoms with E-state index in [4.69, 9.17) is 0 Å². The summed E-state index contributed by atoms with van der Waals surface area (Å²) >= 11 is 0. The van der Waals surface area contributed by atoms with Gasteiger partial charge >= 0.3 is 0 Å². The van der Waals surface area contributed by atoms with Crippen molar-refractivity contribution in [2.75, 3.05) is 5.32 Å². The van der Waals surface area contributed by atoms with Gasteiger partial charge in [-0.15, -0.1) is 0 Å². The second kappa shape index (κ2) is 9.85. The first-order valence-electron chi connectivity index (χ1n) is 10.9. The third kappa shape index (κ3) is 5.18. The Morgan fingerprint density at radius 2 is 2.06 bits per heavy atom. The van der Waals surface area contributed by atoms with Crippen LogP contribution < -0.4 is 10.6 Å². The third-order valence-corrected chi connectivity index (χ3v) is 5.92. The van der Waals surface area contributed by atoms with Crippen molar-refractivity contribution in [3.63, 3.8) is 0 Å². The number of hydrogen-bond donors (Lipinski definition) is 3. The van der Waals surface area contributed by atoms with Crippen molar-refractivity contribution in [1.29, 1.82) is 0 Å². The standard InChI is InChI=1S/C24H29N5O2/c1-2-22(29-14-4-13-26-29)24(31)28-19-8-6-17(7-9-19)15-20-10-11-21(27-20)23(30)18-5-3-12-25-16-18/h3-9,12-14,16,20-23,27,30H,2,10-11,15H2,1H3,(H,28,31)/t20-,21+,22-,23+/m0/s1. The maximum atomic E-state index is 12.6. The number of carbonyl (C=O) groups is 1. The summed E-state index contributed by atoms with van der Waals surface area (Å²) in [5.41, 5.74) is 2.83. The van der Waals surface area contributed by atoms with E-state index >= 15 is 0 Å². The van der Waals surface area contributed by atoms with Gasteiger partial charge < -0.3 is 15.7 Å². The number of anilines is 1. The molecule has 7 nitrogen and oxygen atoms in total. The number of benzene rings is 1. The van der Waals surface area contributed by atoms with E-state index in [-0.39, 0.29) is 18.0 Å². The number of aromatic nitrogens is 3. The minimum Gasteiger partial charge on any atom is -0.387 e. The highest BCUT2D eigenvalue weighted by atomic mass is 16.3. The summed E-state index contributed by atoms with van der Waals surface area (Å²) in [5, 5.41) is 21.3. The molecule has 3 N–H and O–H groups in total. The minimum absolute atomic E-state index is 0.0426. The SMILES string of the molecule is CC[C@@H](C(=O)Nc1ccc(C[C@@H]2CC[C@H]([C@H](O)c3cccnc3)N2)cc1)n1cccn1. The predicted octanol–water partition coefficient (Wildman–Crippen LogP) is 3.26. The first-order chi connectivity index (χ1) is 15.1. The zero-order chi connectivity index (χ0) is 21.6. The molecule has 0 unspecified atom stereocenters. The van der Waals surface area contributed by atoms with Crippen LogP contribution in [0.4, 0.5) is 5.69 Å². The molecule has 31 heavy (non-hydrogen) atoms. The van der Waals surface area contributed by atoms with Crippen LogP contribution in [0.25, 0.3) is 0 Å². The Balaban J connectivity index is 1.30. The van der Waals surface area contributed by atoms with Gasteiger partial charge in [0.05, 0.1) is 6.10 Å². The lowest BCUT2D eigenvalue weighted by molar-refractivity contribution is -0.119. The highest BCUT2D eigenvalue weighted by molar-refractivity contribution is 5.93. The van der Waals surface area contributed by atoms with Crippen molar-refractivity contribution in [1.82, 2.24) is 20.1 Å². The van der Waals surface area contributed by atoms with Gasteiger partial charge in [0.2, 0.25) is 5.91 Å². The Morgan fingerprint density at radius 3 is 2.74 bits per heavy atom. The second-order valence-electron chi connectivity index (χ2n) is 8.08. The summed E-state index contributed by atoms with van der Waals surface area (Å²) in [4.78, 5) is 16.7. The topological polar surface area (TPSA) is 92.1 Å². The molecule has 0 saturated carbocycles. The predicted molar refractivity (Wildman–Crippen MR) is 119 cm³/mol. The monoisotopic (exact) mass is 419 g/mol. The van der Waals surface area contributed by atoms with Crippen LogP contribution in [0.3, 0.4) is 0 Å². The van der Waals surface area contributed by atoms with Gasteiger partial charge in [0.15, 0.2) is 0 Å². The number of pyridine rings is 1. The van der Waals surface area contributed by atoms with Gasteiger partial charge in [0.25, 0.3) is 0 Å². The van der Waals surface area contributed by atoms with Crippen molar-refractivity contribution in [3.05, 3.63) is 78.4 Å². The number of aliphatic hydroxyl groups is 1. The molecule has 1 fully saturated rings. The number of aliphatic hydroxyl groups excluding tert-OH is 1. The Labute approximate surface area is 182 Å². The number of nitrogens with one attached hydrogen (secondary N) is 2. The van der Waals surface area contributed by atoms with Crippen molar-refractivity contribution >= 4 is 11.6 Å². The molecule has 1 saturated heterocycles. The summed E-state index contributed by atoms with van der Waals surface area (Å²) in [5.74, 6) is -0.0661. The number of hydrogen-bond acceptors (Lipinski definition) is 5. The highest BCUT2D eigenvalue weighted by Crippen LogP contribution is 2.26. The Morgan fingerprint density at radius 1 is 1.23 bits per heavy atom. The molecular formula is C24H29N5O2. The van der Waals surface area contributed by atoms with Crippen LogP contribution in [-0.4, -0.2) is 37.9 Å². The zero-order valence-corrected chi connectivity index (χ0v) is 17.7. The minimum atomic E-state index is -0.544. The number of nitrogens with zero attached hydrogens (tertiary/aromatic N) is 3. The molecule has 0 bridgehead atoms. The fraction of sp³-hybridized carbons (Fsp3) is 0.375. The van der Waals surface area contributed by atoms with Gasteiger partial charge in [-0.05, 0) is 55.5 Å². The maximum Gasteiger partial charge on any atom is 0.249 e. The molecule has 0 aliphatic carbocycles. The first kappa shape index (κ1) is 21.2. The quantitative estimate of drug-likeness (QED) is 0.521. The Hall–Kier alpha value is -3.03. The molecule has 3 aromatic rings. The van der Waals surface area contributed by atoms with Crippen LogP contribution in [-0.2, 0) is 11.2 Å². The molecule has 1 aliphatic heterocycles. The van der Waals surface area contributed by atoms with Crippen molar-refractivity contribution < 1.29 is 9.90 Å². The fourth-order valence-electron chi connectivity index (χ4n) is 4.24. The highest BCUT2D eigenvalue weighted by Gasteiger charge is 2.30. The van der Waals surface area contributed by atoms with Crippen LogP contribution in [0.5, 0.6) is 0 Å². The summed E-state index contributed by atoms with van der Waals surface area (Å²) in [7, 11) is 0. The van der Waals surface area contributed by atoms with Crippen LogP contribution in [0.1, 0.15) is 49.5 Å². The molecule has 1 aliphatic rings. The van der Waals surface area contributed by atoms with Crippen LogP contribution >= 0.6 is 0 Å². The van der Waals surface area contributed by atoms with Crippen molar-refractivity contribution in [2.24, 2.45) is 0 Å². The largest absolute Gasteiger partial charge is 0.387 e. The van der Waals surface area contributed by atoms with Gasteiger partial charge in [-0.3, -0.25) is 14.5 Å². The van der Waals surface area contributed by atoms with E-state index < -0.39 is 6.10 Å². The lowest BCUT2D eigenvalue weighted by Gasteiger charge is -2.20. The van der Waals surface area contributed by atoms with E-state index in [0.29, 0.717) is 12.5 Å². The molecule has 4 atom stereocenters. The Kier molecular flexibility index (Phi) is 6.74. The smallest absolute Gasteiger partial charge is 0.249 e. The number of amides is 1. The van der Waals surface area contributed by atoms with E-state index in [1.807, 2.05) is 43.5 Å². The van der Waals surface area contributed by atoms with Gasteiger partial charge in [-0.25, -0.2) is 0 Å². The molecule has 2 aromatic heterocycles. The van der Waals surface area contributed by atoms with E-state index in [1.165, 1.54) is 5.56 Å². The molecule has 162 valence electrons. The molecule has 7 heteroatoms. The maximum absolute atomic E-state index is 12.6. The van der Waals surface area contributed by atoms with Gasteiger partial charge in [-0.2, -0.15) is 5.10 Å². The molecule has 0 spiro atoms. The lowest BCUT2D eigenvalue weighted by Crippen LogP contribution is -2.35. The first-order valence-corrected chi connectivity index (χ1v) is 10.9. The molecule has 1 amide bonds. The zero-order valence-electron chi connectivity index (χ0n) is 17.7. The van der Waals surface area contributed by atoms with Crippen LogP contribution in [0.15, 0.2) is 67.3 Å². The van der Waals surface area contributed by atoms with Gasteiger partial charge in [0.1, 0.15) is 6.04 Å². The summed E-state index contributed by atoms with van der Waals surface area (Å²) < 4.78 is 1.69. The van der Waals surface area contributed by atoms with E-state index in [0.717, 1.165) is 30.5 Å². The molecule has 0 radical (unpaired) electrons.